The zero-order valence-corrected chi connectivity index (χ0v) is 24.1. The molecule has 7 N–H and O–H groups in total. The van der Waals surface area contributed by atoms with Crippen molar-refractivity contribution in [3.63, 3.8) is 0 Å². The molecule has 3 aliphatic heterocycles. The van der Waals surface area contributed by atoms with Gasteiger partial charge in [0.15, 0.2) is 0 Å². The molecule has 4 heterocycles. The van der Waals surface area contributed by atoms with Gasteiger partial charge in [-0.15, -0.1) is 0 Å². The Morgan fingerprint density at radius 1 is 0.977 bits per heavy atom. The second kappa shape index (κ2) is 13.0. The molecule has 0 aliphatic carbocycles. The Bertz CT molecular complexity index is 1310. The van der Waals surface area contributed by atoms with Crippen molar-refractivity contribution in [3.8, 4) is 5.69 Å². The lowest BCUT2D eigenvalue weighted by atomic mass is 9.89. The first-order valence-electron chi connectivity index (χ1n) is 15.0. The van der Waals surface area contributed by atoms with Gasteiger partial charge in [-0.3, -0.25) is 19.7 Å². The van der Waals surface area contributed by atoms with Crippen LogP contribution in [0.15, 0.2) is 30.5 Å². The maximum absolute atomic E-state index is 13.1. The molecule has 5 rings (SSSR count). The van der Waals surface area contributed by atoms with Crippen molar-refractivity contribution >= 4 is 23.4 Å². The van der Waals surface area contributed by atoms with Gasteiger partial charge in [0.25, 0.3) is 11.8 Å². The predicted molar refractivity (Wildman–Crippen MR) is 156 cm³/mol. The van der Waals surface area contributed by atoms with Gasteiger partial charge in [-0.05, 0) is 99.8 Å². The number of amides is 3. The van der Waals surface area contributed by atoms with E-state index in [1.165, 1.54) is 0 Å². The van der Waals surface area contributed by atoms with E-state index in [0.29, 0.717) is 49.6 Å². The Morgan fingerprint density at radius 3 is 2.28 bits per heavy atom. The Kier molecular flexibility index (Phi) is 9.30. The lowest BCUT2D eigenvalue weighted by Crippen LogP contribution is -2.52. The van der Waals surface area contributed by atoms with Crippen LogP contribution in [-0.4, -0.2) is 72.3 Å². The number of hydrogen-bond donors (Lipinski definition) is 5. The number of anilines is 1. The van der Waals surface area contributed by atoms with E-state index in [1.54, 1.807) is 35.0 Å². The van der Waals surface area contributed by atoms with Crippen molar-refractivity contribution in [3.05, 3.63) is 47.3 Å². The van der Waals surface area contributed by atoms with E-state index in [0.717, 1.165) is 31.5 Å². The molecule has 43 heavy (non-hydrogen) atoms. The molecule has 3 aliphatic rings. The number of rotatable bonds is 7. The Balaban J connectivity index is 1.24. The van der Waals surface area contributed by atoms with Gasteiger partial charge in [-0.2, -0.15) is 13.2 Å². The first-order valence-corrected chi connectivity index (χ1v) is 15.0. The summed E-state index contributed by atoms with van der Waals surface area (Å²) < 4.78 is 41.0. The van der Waals surface area contributed by atoms with Crippen molar-refractivity contribution in [1.29, 1.82) is 0 Å². The SMILES string of the molecule is NC(=O)c1c(N)c(C2CCN(C(=O)CC3CCNCC3)CC2)cn1-c1ccc(C(=O)NC2CC(C(F)(F)F)CCN2)cc1. The smallest absolute Gasteiger partial charge is 0.391 e. The second-order valence-electron chi connectivity index (χ2n) is 11.9. The quantitative estimate of drug-likeness (QED) is 0.329. The average molecular weight is 604 g/mol. The van der Waals surface area contributed by atoms with Crippen molar-refractivity contribution in [2.45, 2.75) is 63.2 Å². The van der Waals surface area contributed by atoms with Crippen molar-refractivity contribution in [2.75, 3.05) is 38.5 Å². The zero-order valence-electron chi connectivity index (χ0n) is 24.1. The summed E-state index contributed by atoms with van der Waals surface area (Å²) >= 11 is 0. The lowest BCUT2D eigenvalue weighted by molar-refractivity contribution is -0.183. The number of benzene rings is 1. The molecule has 3 saturated heterocycles. The number of nitrogen functional groups attached to an aromatic ring is 1. The highest BCUT2D eigenvalue weighted by Crippen LogP contribution is 2.37. The van der Waals surface area contributed by atoms with Crippen LogP contribution < -0.4 is 27.4 Å². The highest BCUT2D eigenvalue weighted by atomic mass is 19.4. The largest absolute Gasteiger partial charge is 0.397 e. The van der Waals surface area contributed by atoms with Gasteiger partial charge in [-0.25, -0.2) is 0 Å². The summed E-state index contributed by atoms with van der Waals surface area (Å²) in [5.74, 6) is -1.99. The number of halogens is 3. The number of nitrogens with two attached hydrogens (primary N) is 2. The number of alkyl halides is 3. The summed E-state index contributed by atoms with van der Waals surface area (Å²) in [4.78, 5) is 40.0. The van der Waals surface area contributed by atoms with Crippen molar-refractivity contribution in [2.24, 2.45) is 17.6 Å². The van der Waals surface area contributed by atoms with Gasteiger partial charge in [0, 0.05) is 37.0 Å². The van der Waals surface area contributed by atoms with Crippen LogP contribution in [0.5, 0.6) is 0 Å². The molecule has 3 amide bonds. The normalized spacial score (nSPS) is 22.3. The number of primary amides is 1. The number of nitrogens with one attached hydrogen (secondary N) is 3. The van der Waals surface area contributed by atoms with E-state index in [2.05, 4.69) is 16.0 Å². The number of piperidine rings is 3. The molecular formula is C30H40F3N7O3. The summed E-state index contributed by atoms with van der Waals surface area (Å²) in [5, 5.41) is 8.88. The molecule has 10 nitrogen and oxygen atoms in total. The van der Waals surface area contributed by atoms with Gasteiger partial charge in [0.05, 0.1) is 17.8 Å². The summed E-state index contributed by atoms with van der Waals surface area (Å²) in [6, 6.07) is 6.36. The molecule has 0 radical (unpaired) electrons. The van der Waals surface area contributed by atoms with E-state index in [-0.39, 0.29) is 42.5 Å². The van der Waals surface area contributed by atoms with Gasteiger partial charge in [0.2, 0.25) is 5.91 Å². The fourth-order valence-corrected chi connectivity index (χ4v) is 6.56. The second-order valence-corrected chi connectivity index (χ2v) is 11.9. The van der Waals surface area contributed by atoms with E-state index in [4.69, 9.17) is 11.5 Å². The van der Waals surface area contributed by atoms with E-state index in [1.807, 2.05) is 4.90 Å². The van der Waals surface area contributed by atoms with Crippen molar-refractivity contribution < 1.29 is 27.6 Å². The molecule has 0 bridgehead atoms. The number of hydrogen-bond acceptors (Lipinski definition) is 6. The number of aromatic nitrogens is 1. The van der Waals surface area contributed by atoms with Gasteiger partial charge >= 0.3 is 6.18 Å². The molecule has 234 valence electrons. The van der Waals surface area contributed by atoms with E-state index >= 15 is 0 Å². The fraction of sp³-hybridized carbons (Fsp3) is 0.567. The molecule has 1 aromatic carbocycles. The van der Waals surface area contributed by atoms with Crippen LogP contribution in [0, 0.1) is 11.8 Å². The molecule has 1 aromatic heterocycles. The van der Waals surface area contributed by atoms with Crippen LogP contribution in [-0.2, 0) is 4.79 Å². The molecule has 0 saturated carbocycles. The lowest BCUT2D eigenvalue weighted by Gasteiger charge is -2.33. The van der Waals surface area contributed by atoms with Gasteiger partial charge in [0.1, 0.15) is 5.69 Å². The summed E-state index contributed by atoms with van der Waals surface area (Å²) in [6.45, 7) is 3.31. The number of carbonyl (C=O) groups excluding carboxylic acids is 3. The molecule has 13 heteroatoms. The fourth-order valence-electron chi connectivity index (χ4n) is 6.56. The number of nitrogens with zero attached hydrogens (tertiary/aromatic N) is 2. The van der Waals surface area contributed by atoms with Crippen LogP contribution in [0.1, 0.15) is 77.3 Å². The monoisotopic (exact) mass is 603 g/mol. The minimum Gasteiger partial charge on any atom is -0.397 e. The third-order valence-corrected chi connectivity index (χ3v) is 9.10. The first-order chi connectivity index (χ1) is 20.5. The van der Waals surface area contributed by atoms with Crippen LogP contribution in [0.3, 0.4) is 0 Å². The van der Waals surface area contributed by atoms with Crippen molar-refractivity contribution in [1.82, 2.24) is 25.4 Å². The topological polar surface area (TPSA) is 148 Å². The number of carbonyl (C=O) groups is 3. The molecule has 0 spiro atoms. The highest BCUT2D eigenvalue weighted by molar-refractivity contribution is 5.98. The maximum Gasteiger partial charge on any atom is 0.391 e. The first kappa shape index (κ1) is 30.9. The van der Waals surface area contributed by atoms with Gasteiger partial charge < -0.3 is 31.6 Å². The highest BCUT2D eigenvalue weighted by Gasteiger charge is 2.42. The minimum absolute atomic E-state index is 0.0233. The third kappa shape index (κ3) is 7.15. The summed E-state index contributed by atoms with van der Waals surface area (Å²) in [5.41, 5.74) is 14.2. The molecule has 3 fully saturated rings. The maximum atomic E-state index is 13.1. The molecule has 2 unspecified atom stereocenters. The third-order valence-electron chi connectivity index (χ3n) is 9.10. The Labute approximate surface area is 248 Å². The summed E-state index contributed by atoms with van der Waals surface area (Å²) in [7, 11) is 0. The van der Waals surface area contributed by atoms with E-state index in [9.17, 15) is 27.6 Å². The van der Waals surface area contributed by atoms with Crippen LogP contribution in [0.25, 0.3) is 5.69 Å². The zero-order chi connectivity index (χ0) is 30.7. The summed E-state index contributed by atoms with van der Waals surface area (Å²) in [6.07, 6.45) is 0.511. The average Bonchev–Trinajstić information content (AvgIpc) is 3.34. The molecule has 2 aromatic rings. The Morgan fingerprint density at radius 2 is 1.65 bits per heavy atom. The standard InChI is InChI=1S/C30H40F3N7O3/c31-30(32,33)21-7-12-37-24(16-21)38-29(43)20-1-3-22(4-2-20)40-17-23(26(34)27(40)28(35)42)19-8-13-39(14-9-19)25(41)15-18-5-10-36-11-6-18/h1-4,17-19,21,24,36-37H,5-16,34H2,(H2,35,42)(H,38,43). The predicted octanol–water partition coefficient (Wildman–Crippen LogP) is 2.87. The Hall–Kier alpha value is -3.58. The molecular weight excluding hydrogens is 563 g/mol. The van der Waals surface area contributed by atoms with Gasteiger partial charge in [-0.1, -0.05) is 0 Å². The van der Waals surface area contributed by atoms with Crippen LogP contribution in [0.4, 0.5) is 18.9 Å². The molecule has 2 atom stereocenters. The van der Waals surface area contributed by atoms with Crippen LogP contribution in [0.2, 0.25) is 0 Å². The van der Waals surface area contributed by atoms with E-state index < -0.39 is 30.1 Å². The number of likely N-dealkylation sites (tertiary alicyclic amines) is 1. The van der Waals surface area contributed by atoms with Crippen LogP contribution >= 0.6 is 0 Å². The minimum atomic E-state index is -4.30.